The van der Waals surface area contributed by atoms with E-state index in [-0.39, 0.29) is 24.0 Å². The summed E-state index contributed by atoms with van der Waals surface area (Å²) < 4.78 is 37.2. The fourth-order valence-electron chi connectivity index (χ4n) is 3.60. The van der Waals surface area contributed by atoms with E-state index in [1.165, 1.54) is 20.2 Å². The minimum absolute atomic E-state index is 0.0982. The van der Waals surface area contributed by atoms with E-state index in [1.807, 2.05) is 18.2 Å². The third-order valence-electron chi connectivity index (χ3n) is 5.39. The molecule has 0 aliphatic carbocycles. The van der Waals surface area contributed by atoms with Crippen LogP contribution in [0.25, 0.3) is 0 Å². The number of nitrogens with zero attached hydrogens (tertiary/aromatic N) is 2. The number of rotatable bonds is 9. The van der Waals surface area contributed by atoms with E-state index in [2.05, 4.69) is 10.2 Å². The van der Waals surface area contributed by atoms with E-state index in [1.54, 1.807) is 25.3 Å². The van der Waals surface area contributed by atoms with Gasteiger partial charge >= 0.3 is 0 Å². The molecule has 0 atom stereocenters. The monoisotopic (exact) mass is 461 g/mol. The van der Waals surface area contributed by atoms with Gasteiger partial charge in [-0.3, -0.25) is 4.79 Å². The highest BCUT2D eigenvalue weighted by atomic mass is 32.2. The molecule has 9 heteroatoms. The lowest BCUT2D eigenvalue weighted by Crippen LogP contribution is -2.34. The largest absolute Gasteiger partial charge is 0.497 e. The Morgan fingerprint density at radius 2 is 1.78 bits per heavy atom. The van der Waals surface area contributed by atoms with Gasteiger partial charge in [0.25, 0.3) is 5.91 Å². The van der Waals surface area contributed by atoms with Crippen molar-refractivity contribution in [3.05, 3.63) is 48.0 Å². The fourth-order valence-corrected chi connectivity index (χ4v) is 4.53. The minimum Gasteiger partial charge on any atom is -0.497 e. The Bertz CT molecular complexity index is 1030. The fraction of sp³-hybridized carbons (Fsp3) is 0.435. The van der Waals surface area contributed by atoms with Gasteiger partial charge in [-0.05, 0) is 49.6 Å². The van der Waals surface area contributed by atoms with Gasteiger partial charge in [-0.15, -0.1) is 0 Å². The molecule has 1 saturated heterocycles. The van der Waals surface area contributed by atoms with Crippen molar-refractivity contribution in [1.82, 2.24) is 9.62 Å². The quantitative estimate of drug-likeness (QED) is 0.578. The van der Waals surface area contributed by atoms with E-state index >= 15 is 0 Å². The molecule has 0 unspecified atom stereocenters. The lowest BCUT2D eigenvalue weighted by Gasteiger charge is -2.30. The molecule has 32 heavy (non-hydrogen) atoms. The van der Waals surface area contributed by atoms with Crippen LogP contribution in [0.15, 0.2) is 47.4 Å². The molecule has 0 spiro atoms. The van der Waals surface area contributed by atoms with Gasteiger partial charge < -0.3 is 19.7 Å². The number of amides is 1. The topological polar surface area (TPSA) is 88.2 Å². The van der Waals surface area contributed by atoms with Gasteiger partial charge in [0.05, 0.1) is 24.1 Å². The summed E-state index contributed by atoms with van der Waals surface area (Å²) in [5.41, 5.74) is 1.12. The zero-order chi connectivity index (χ0) is 23.1. The van der Waals surface area contributed by atoms with Crippen LogP contribution in [0, 0.1) is 0 Å². The normalized spacial score (nSPS) is 14.3. The smallest absolute Gasteiger partial charge is 0.253 e. The lowest BCUT2D eigenvalue weighted by atomic mass is 10.1. The maximum absolute atomic E-state index is 13.0. The second-order valence-electron chi connectivity index (χ2n) is 7.80. The summed E-state index contributed by atoms with van der Waals surface area (Å²) in [5, 5.41) is 2.85. The molecule has 0 aromatic heterocycles. The molecule has 2 aromatic carbocycles. The van der Waals surface area contributed by atoms with Crippen LogP contribution in [0.2, 0.25) is 0 Å². The van der Waals surface area contributed by atoms with Gasteiger partial charge in [-0.1, -0.05) is 6.07 Å². The van der Waals surface area contributed by atoms with Crippen molar-refractivity contribution in [2.45, 2.75) is 24.2 Å². The molecule has 3 rings (SSSR count). The predicted octanol–water partition coefficient (Wildman–Crippen LogP) is 2.74. The van der Waals surface area contributed by atoms with Crippen LogP contribution in [-0.4, -0.2) is 66.1 Å². The van der Waals surface area contributed by atoms with Crippen LogP contribution >= 0.6 is 0 Å². The lowest BCUT2D eigenvalue weighted by molar-refractivity contribution is 0.0947. The molecule has 1 aliphatic heterocycles. The number of carbonyl (C=O) groups is 1. The number of sulfonamides is 1. The first-order valence-corrected chi connectivity index (χ1v) is 12.1. The van der Waals surface area contributed by atoms with E-state index in [0.29, 0.717) is 17.1 Å². The zero-order valence-electron chi connectivity index (χ0n) is 18.8. The molecule has 1 amide bonds. The number of piperidine rings is 1. The van der Waals surface area contributed by atoms with Crippen molar-refractivity contribution in [3.8, 4) is 11.5 Å². The molecular weight excluding hydrogens is 430 g/mol. The Kier molecular flexibility index (Phi) is 7.98. The summed E-state index contributed by atoms with van der Waals surface area (Å²) in [6.45, 7) is 2.24. The molecular formula is C23H31N3O5S. The third-order valence-corrected chi connectivity index (χ3v) is 7.20. The summed E-state index contributed by atoms with van der Waals surface area (Å²) >= 11 is 0. The highest BCUT2D eigenvalue weighted by Crippen LogP contribution is 2.28. The zero-order valence-corrected chi connectivity index (χ0v) is 19.7. The highest BCUT2D eigenvalue weighted by Gasteiger charge is 2.24. The first kappa shape index (κ1) is 23.9. The number of nitrogens with one attached hydrogen (secondary N) is 1. The van der Waals surface area contributed by atoms with Crippen LogP contribution in [0.1, 0.15) is 29.6 Å². The molecule has 1 N–H and O–H groups in total. The van der Waals surface area contributed by atoms with Crippen molar-refractivity contribution in [1.29, 1.82) is 0 Å². The Balaban J connectivity index is 1.74. The van der Waals surface area contributed by atoms with Gasteiger partial charge in [-0.2, -0.15) is 0 Å². The maximum atomic E-state index is 13.0. The van der Waals surface area contributed by atoms with E-state index in [0.717, 1.165) is 42.3 Å². The molecule has 174 valence electrons. The first-order chi connectivity index (χ1) is 15.3. The summed E-state index contributed by atoms with van der Waals surface area (Å²) in [5.74, 6) is 1.01. The summed E-state index contributed by atoms with van der Waals surface area (Å²) in [7, 11) is 0.889. The Morgan fingerprint density at radius 3 is 2.47 bits per heavy atom. The van der Waals surface area contributed by atoms with Gasteiger partial charge in [0.1, 0.15) is 18.1 Å². The predicted molar refractivity (Wildman–Crippen MR) is 124 cm³/mol. The number of carbonyl (C=O) groups excluding carboxylic acids is 1. The molecule has 8 nitrogen and oxygen atoms in total. The van der Waals surface area contributed by atoms with Crippen molar-refractivity contribution in [2.24, 2.45) is 0 Å². The van der Waals surface area contributed by atoms with Crippen LogP contribution < -0.4 is 19.7 Å². The van der Waals surface area contributed by atoms with Gasteiger partial charge in [0, 0.05) is 38.9 Å². The Morgan fingerprint density at radius 1 is 1.06 bits per heavy atom. The Labute approximate surface area is 190 Å². The van der Waals surface area contributed by atoms with Gasteiger partial charge in [0.2, 0.25) is 10.0 Å². The molecule has 0 bridgehead atoms. The van der Waals surface area contributed by atoms with Crippen molar-refractivity contribution < 1.29 is 22.7 Å². The molecule has 1 heterocycles. The number of benzene rings is 2. The SMILES string of the molecule is COc1cccc(OCCNC(=O)c2cc(S(=O)(=O)N(C)C)ccc2N2CCCCC2)c1. The number of anilines is 1. The third kappa shape index (κ3) is 5.72. The second-order valence-corrected chi connectivity index (χ2v) is 9.95. The Hall–Kier alpha value is -2.78. The highest BCUT2D eigenvalue weighted by molar-refractivity contribution is 7.89. The summed E-state index contributed by atoms with van der Waals surface area (Å²) in [6.07, 6.45) is 3.26. The van der Waals surface area contributed by atoms with Crippen LogP contribution in [0.4, 0.5) is 5.69 Å². The van der Waals surface area contributed by atoms with Crippen LogP contribution in [0.5, 0.6) is 11.5 Å². The molecule has 2 aromatic rings. The summed E-state index contributed by atoms with van der Waals surface area (Å²) in [4.78, 5) is 15.3. The number of hydrogen-bond acceptors (Lipinski definition) is 6. The van der Waals surface area contributed by atoms with Gasteiger partial charge in [-0.25, -0.2) is 12.7 Å². The molecule has 1 aliphatic rings. The second kappa shape index (κ2) is 10.7. The minimum atomic E-state index is -3.65. The number of methoxy groups -OCH3 is 1. The van der Waals surface area contributed by atoms with Crippen molar-refractivity contribution >= 4 is 21.6 Å². The van der Waals surface area contributed by atoms with Gasteiger partial charge in [0.15, 0.2) is 0 Å². The molecule has 0 radical (unpaired) electrons. The van der Waals surface area contributed by atoms with Crippen LogP contribution in [-0.2, 0) is 10.0 Å². The van der Waals surface area contributed by atoms with Crippen molar-refractivity contribution in [2.75, 3.05) is 52.3 Å². The van der Waals surface area contributed by atoms with Crippen LogP contribution in [0.3, 0.4) is 0 Å². The number of ether oxygens (including phenoxy) is 2. The van der Waals surface area contributed by atoms with E-state index in [9.17, 15) is 13.2 Å². The molecule has 1 fully saturated rings. The standard InChI is InChI=1S/C23H31N3O5S/c1-25(2)32(28,29)20-10-11-22(26-13-5-4-6-14-26)21(17-20)23(27)24-12-15-31-19-9-7-8-18(16-19)30-3/h7-11,16-17H,4-6,12-15H2,1-3H3,(H,24,27). The summed E-state index contributed by atoms with van der Waals surface area (Å²) in [6, 6.07) is 12.0. The molecule has 0 saturated carbocycles. The van der Waals surface area contributed by atoms with E-state index < -0.39 is 10.0 Å². The number of hydrogen-bond donors (Lipinski definition) is 1. The first-order valence-electron chi connectivity index (χ1n) is 10.7. The van der Waals surface area contributed by atoms with E-state index in [4.69, 9.17) is 9.47 Å². The van der Waals surface area contributed by atoms with Crippen molar-refractivity contribution in [3.63, 3.8) is 0 Å². The average Bonchev–Trinajstić information content (AvgIpc) is 2.82. The maximum Gasteiger partial charge on any atom is 0.253 e. The average molecular weight is 462 g/mol.